The molecule has 0 unspecified atom stereocenters. The standard InChI is InChI=1S/C15H6Cl2F2O2/c16-8-4-7-5-12(21-15(7)9(17)6-8)14(20)13-10(18)2-1-3-11(13)19/h1-6H. The zero-order chi connectivity index (χ0) is 15.1. The van der Waals surface area contributed by atoms with Crippen molar-refractivity contribution >= 4 is 40.0 Å². The molecule has 106 valence electrons. The number of ketones is 1. The molecule has 0 atom stereocenters. The van der Waals surface area contributed by atoms with Gasteiger partial charge in [-0.1, -0.05) is 29.3 Å². The van der Waals surface area contributed by atoms with E-state index in [0.717, 1.165) is 12.1 Å². The molecular weight excluding hydrogens is 321 g/mol. The first-order chi connectivity index (χ1) is 9.97. The van der Waals surface area contributed by atoms with E-state index < -0.39 is 23.0 Å². The number of fused-ring (bicyclic) bond motifs is 1. The van der Waals surface area contributed by atoms with Crippen LogP contribution in [0.15, 0.2) is 40.8 Å². The first-order valence-corrected chi connectivity index (χ1v) is 6.60. The summed E-state index contributed by atoms with van der Waals surface area (Å²) in [7, 11) is 0. The van der Waals surface area contributed by atoms with Gasteiger partial charge in [-0.3, -0.25) is 4.79 Å². The highest BCUT2D eigenvalue weighted by Crippen LogP contribution is 2.31. The average Bonchev–Trinajstić information content (AvgIpc) is 2.82. The van der Waals surface area contributed by atoms with Crippen LogP contribution in [0.25, 0.3) is 11.0 Å². The van der Waals surface area contributed by atoms with Gasteiger partial charge in [-0.25, -0.2) is 8.78 Å². The normalized spacial score (nSPS) is 11.0. The lowest BCUT2D eigenvalue weighted by atomic mass is 10.1. The summed E-state index contributed by atoms with van der Waals surface area (Å²) >= 11 is 11.8. The van der Waals surface area contributed by atoms with Crippen LogP contribution in [0.1, 0.15) is 16.1 Å². The molecule has 0 amide bonds. The molecule has 0 aliphatic rings. The highest BCUT2D eigenvalue weighted by Gasteiger charge is 2.22. The topological polar surface area (TPSA) is 30.2 Å². The summed E-state index contributed by atoms with van der Waals surface area (Å²) in [6, 6.07) is 7.53. The fourth-order valence-electron chi connectivity index (χ4n) is 2.03. The maximum atomic E-state index is 13.6. The molecule has 1 aromatic heterocycles. The zero-order valence-electron chi connectivity index (χ0n) is 10.3. The van der Waals surface area contributed by atoms with Gasteiger partial charge >= 0.3 is 0 Å². The number of halogens is 4. The number of rotatable bonds is 2. The lowest BCUT2D eigenvalue weighted by molar-refractivity contribution is 0.100. The smallest absolute Gasteiger partial charge is 0.234 e. The highest BCUT2D eigenvalue weighted by atomic mass is 35.5. The Morgan fingerprint density at radius 3 is 2.38 bits per heavy atom. The van der Waals surface area contributed by atoms with Crippen LogP contribution < -0.4 is 0 Å². The second-order valence-electron chi connectivity index (χ2n) is 4.34. The van der Waals surface area contributed by atoms with Crippen molar-refractivity contribution in [2.45, 2.75) is 0 Å². The summed E-state index contributed by atoms with van der Waals surface area (Å²) in [5, 5.41) is 1.06. The molecule has 3 aromatic rings. The monoisotopic (exact) mass is 326 g/mol. The van der Waals surface area contributed by atoms with Crippen LogP contribution in [0.2, 0.25) is 10.0 Å². The van der Waals surface area contributed by atoms with Crippen molar-refractivity contribution in [3.63, 3.8) is 0 Å². The molecule has 0 bridgehead atoms. The zero-order valence-corrected chi connectivity index (χ0v) is 11.8. The van der Waals surface area contributed by atoms with E-state index in [0.29, 0.717) is 10.4 Å². The van der Waals surface area contributed by atoms with Crippen LogP contribution in [0.3, 0.4) is 0 Å². The molecule has 6 heteroatoms. The molecule has 21 heavy (non-hydrogen) atoms. The minimum Gasteiger partial charge on any atom is -0.451 e. The quantitative estimate of drug-likeness (QED) is 0.602. The van der Waals surface area contributed by atoms with E-state index in [1.54, 1.807) is 6.07 Å². The van der Waals surface area contributed by atoms with E-state index in [2.05, 4.69) is 0 Å². The second kappa shape index (κ2) is 5.13. The third-order valence-corrected chi connectivity index (χ3v) is 3.45. The summed E-state index contributed by atoms with van der Waals surface area (Å²) in [4.78, 5) is 12.2. The van der Waals surface area contributed by atoms with Gasteiger partial charge in [-0.2, -0.15) is 0 Å². The summed E-state index contributed by atoms with van der Waals surface area (Å²) in [5.41, 5.74) is -0.431. The minimum absolute atomic E-state index is 0.210. The van der Waals surface area contributed by atoms with Crippen molar-refractivity contribution in [1.82, 2.24) is 0 Å². The fourth-order valence-corrected chi connectivity index (χ4v) is 2.57. The summed E-state index contributed by atoms with van der Waals surface area (Å²) < 4.78 is 32.6. The van der Waals surface area contributed by atoms with E-state index >= 15 is 0 Å². The number of benzene rings is 2. The number of furan rings is 1. The van der Waals surface area contributed by atoms with E-state index in [1.807, 2.05) is 0 Å². The Kier molecular flexibility index (Phi) is 3.43. The minimum atomic E-state index is -0.954. The number of hydrogen-bond donors (Lipinski definition) is 0. The Morgan fingerprint density at radius 1 is 1.05 bits per heavy atom. The van der Waals surface area contributed by atoms with Crippen LogP contribution in [-0.4, -0.2) is 5.78 Å². The fraction of sp³-hybridized carbons (Fsp3) is 0. The van der Waals surface area contributed by atoms with Gasteiger partial charge in [-0.05, 0) is 30.3 Å². The van der Waals surface area contributed by atoms with Crippen LogP contribution in [-0.2, 0) is 0 Å². The maximum Gasteiger partial charge on any atom is 0.234 e. The van der Waals surface area contributed by atoms with Crippen molar-refractivity contribution < 1.29 is 18.0 Å². The second-order valence-corrected chi connectivity index (χ2v) is 5.19. The molecule has 0 spiro atoms. The van der Waals surface area contributed by atoms with Gasteiger partial charge in [0.25, 0.3) is 0 Å². The molecule has 1 heterocycles. The molecule has 3 rings (SSSR count). The number of carbonyl (C=O) groups excluding carboxylic acids is 1. The molecule has 2 nitrogen and oxygen atoms in total. The average molecular weight is 327 g/mol. The van der Waals surface area contributed by atoms with E-state index in [1.165, 1.54) is 18.2 Å². The van der Waals surface area contributed by atoms with Crippen molar-refractivity contribution in [2.24, 2.45) is 0 Å². The lowest BCUT2D eigenvalue weighted by Crippen LogP contribution is -2.06. The van der Waals surface area contributed by atoms with E-state index in [9.17, 15) is 13.6 Å². The Hall–Kier alpha value is -1.91. The summed E-state index contributed by atoms with van der Waals surface area (Å²) in [5.74, 6) is -3.01. The van der Waals surface area contributed by atoms with Crippen LogP contribution in [0.4, 0.5) is 8.78 Å². The predicted molar refractivity (Wildman–Crippen MR) is 76.0 cm³/mol. The molecule has 0 radical (unpaired) electrons. The Labute approximate surface area is 127 Å². The third kappa shape index (κ3) is 2.41. The summed E-state index contributed by atoms with van der Waals surface area (Å²) in [6.45, 7) is 0. The highest BCUT2D eigenvalue weighted by molar-refractivity contribution is 6.38. The van der Waals surface area contributed by atoms with Crippen molar-refractivity contribution in [2.75, 3.05) is 0 Å². The van der Waals surface area contributed by atoms with Crippen LogP contribution in [0, 0.1) is 11.6 Å². The largest absolute Gasteiger partial charge is 0.451 e. The number of hydrogen-bond acceptors (Lipinski definition) is 2. The van der Waals surface area contributed by atoms with Gasteiger partial charge in [0.1, 0.15) is 11.6 Å². The van der Waals surface area contributed by atoms with Crippen LogP contribution in [0.5, 0.6) is 0 Å². The first kappa shape index (κ1) is 14.0. The van der Waals surface area contributed by atoms with Gasteiger partial charge in [0.05, 0.1) is 10.6 Å². The van der Waals surface area contributed by atoms with Gasteiger partial charge < -0.3 is 4.42 Å². The van der Waals surface area contributed by atoms with E-state index in [4.69, 9.17) is 27.6 Å². The third-order valence-electron chi connectivity index (χ3n) is 2.95. The van der Waals surface area contributed by atoms with Crippen LogP contribution >= 0.6 is 23.2 Å². The summed E-state index contributed by atoms with van der Waals surface area (Å²) in [6.07, 6.45) is 0. The molecular formula is C15H6Cl2F2O2. The molecule has 0 fully saturated rings. The molecule has 0 saturated carbocycles. The molecule has 0 saturated heterocycles. The van der Waals surface area contributed by atoms with Crippen molar-refractivity contribution in [3.8, 4) is 0 Å². The maximum absolute atomic E-state index is 13.6. The molecule has 2 aromatic carbocycles. The number of carbonyl (C=O) groups is 1. The molecule has 0 aliphatic carbocycles. The van der Waals surface area contributed by atoms with E-state index in [-0.39, 0.29) is 16.4 Å². The Morgan fingerprint density at radius 2 is 1.71 bits per heavy atom. The first-order valence-electron chi connectivity index (χ1n) is 5.84. The SMILES string of the molecule is O=C(c1cc2cc(Cl)cc(Cl)c2o1)c1c(F)cccc1F. The van der Waals surface area contributed by atoms with Gasteiger partial charge in [0, 0.05) is 10.4 Å². The van der Waals surface area contributed by atoms with Gasteiger partial charge in [0.2, 0.25) is 5.78 Å². The molecule has 0 aliphatic heterocycles. The predicted octanol–water partition coefficient (Wildman–Crippen LogP) is 5.25. The Bertz CT molecular complexity index is 851. The van der Waals surface area contributed by atoms with Crippen molar-refractivity contribution in [1.29, 1.82) is 0 Å². The lowest BCUT2D eigenvalue weighted by Gasteiger charge is -2.01. The van der Waals surface area contributed by atoms with Gasteiger partial charge in [0.15, 0.2) is 11.3 Å². The molecule has 0 N–H and O–H groups in total. The Balaban J connectivity index is 2.17. The van der Waals surface area contributed by atoms with Gasteiger partial charge in [-0.15, -0.1) is 0 Å². The van der Waals surface area contributed by atoms with Crippen molar-refractivity contribution in [3.05, 3.63) is 69.4 Å².